The quantitative estimate of drug-likeness (QED) is 0.704. The molecule has 134 valence electrons. The van der Waals surface area contributed by atoms with Gasteiger partial charge < -0.3 is 20.5 Å². The van der Waals surface area contributed by atoms with Crippen LogP contribution in [0.5, 0.6) is 11.5 Å². The van der Waals surface area contributed by atoms with E-state index in [0.717, 1.165) is 18.4 Å². The SMILES string of the molecule is C=CCc1cc(C(=O)NC(C)(CN)C2CC2)cc(OC)c1OC.Cl. The molecular weight excluding hydrogens is 328 g/mol. The fourth-order valence-corrected chi connectivity index (χ4v) is 2.85. The number of benzene rings is 1. The van der Waals surface area contributed by atoms with Gasteiger partial charge in [-0.2, -0.15) is 0 Å². The first kappa shape index (κ1) is 20.3. The van der Waals surface area contributed by atoms with Gasteiger partial charge in [0, 0.05) is 17.7 Å². The molecule has 0 saturated heterocycles. The lowest BCUT2D eigenvalue weighted by Crippen LogP contribution is -2.53. The standard InChI is InChI=1S/C18H26N2O3.ClH/c1-5-6-12-9-13(10-15(22-3)16(12)23-4)17(21)20-18(2,11-19)14-7-8-14;/h5,9-10,14H,1,6-8,11,19H2,2-4H3,(H,20,21);1H. The second kappa shape index (κ2) is 8.40. The van der Waals surface area contributed by atoms with Crippen LogP contribution in [0.25, 0.3) is 0 Å². The van der Waals surface area contributed by atoms with Crippen LogP contribution in [0.15, 0.2) is 24.8 Å². The number of hydrogen-bond donors (Lipinski definition) is 2. The fraction of sp³-hybridized carbons (Fsp3) is 0.500. The van der Waals surface area contributed by atoms with Crippen LogP contribution in [0.1, 0.15) is 35.7 Å². The third kappa shape index (κ3) is 4.22. The van der Waals surface area contributed by atoms with Gasteiger partial charge in [0.2, 0.25) is 0 Å². The summed E-state index contributed by atoms with van der Waals surface area (Å²) in [6.07, 6.45) is 4.59. The minimum absolute atomic E-state index is 0. The molecule has 0 aromatic heterocycles. The van der Waals surface area contributed by atoms with Crippen LogP contribution in [0, 0.1) is 5.92 Å². The first-order chi connectivity index (χ1) is 11.0. The molecule has 1 atom stereocenters. The van der Waals surface area contributed by atoms with Gasteiger partial charge in [-0.25, -0.2) is 0 Å². The van der Waals surface area contributed by atoms with Crippen molar-refractivity contribution in [2.75, 3.05) is 20.8 Å². The van der Waals surface area contributed by atoms with E-state index in [-0.39, 0.29) is 23.9 Å². The highest BCUT2D eigenvalue weighted by molar-refractivity contribution is 5.95. The molecule has 1 amide bonds. The predicted octanol–water partition coefficient (Wildman–Crippen LogP) is 2.71. The van der Waals surface area contributed by atoms with Crippen molar-refractivity contribution in [2.24, 2.45) is 11.7 Å². The molecule has 1 unspecified atom stereocenters. The maximum atomic E-state index is 12.7. The molecular formula is C18H27ClN2O3. The monoisotopic (exact) mass is 354 g/mol. The Morgan fingerprint density at radius 2 is 2.08 bits per heavy atom. The molecule has 0 bridgehead atoms. The number of allylic oxidation sites excluding steroid dienone is 1. The molecule has 24 heavy (non-hydrogen) atoms. The molecule has 1 aromatic rings. The van der Waals surface area contributed by atoms with E-state index in [0.29, 0.717) is 35.9 Å². The number of methoxy groups -OCH3 is 2. The molecule has 1 aromatic carbocycles. The van der Waals surface area contributed by atoms with Crippen molar-refractivity contribution >= 4 is 18.3 Å². The second-order valence-electron chi connectivity index (χ2n) is 6.21. The molecule has 0 spiro atoms. The lowest BCUT2D eigenvalue weighted by atomic mass is 9.95. The van der Waals surface area contributed by atoms with Gasteiger partial charge in [0.05, 0.1) is 19.8 Å². The number of halogens is 1. The van der Waals surface area contributed by atoms with E-state index in [1.165, 1.54) is 0 Å². The molecule has 0 radical (unpaired) electrons. The van der Waals surface area contributed by atoms with Crippen molar-refractivity contribution in [1.82, 2.24) is 5.32 Å². The summed E-state index contributed by atoms with van der Waals surface area (Å²) in [5.74, 6) is 1.49. The Kier molecular flexibility index (Phi) is 7.11. The number of carbonyl (C=O) groups is 1. The molecule has 1 aliphatic rings. The molecule has 5 nitrogen and oxygen atoms in total. The third-order valence-corrected chi connectivity index (χ3v) is 4.48. The summed E-state index contributed by atoms with van der Waals surface area (Å²) in [5, 5.41) is 3.09. The molecule has 1 aliphatic carbocycles. The largest absolute Gasteiger partial charge is 0.493 e. The number of rotatable bonds is 8. The van der Waals surface area contributed by atoms with Crippen molar-refractivity contribution in [3.05, 3.63) is 35.9 Å². The smallest absolute Gasteiger partial charge is 0.251 e. The summed E-state index contributed by atoms with van der Waals surface area (Å²) in [5.41, 5.74) is 6.93. The van der Waals surface area contributed by atoms with Crippen molar-refractivity contribution in [3.8, 4) is 11.5 Å². The summed E-state index contributed by atoms with van der Waals surface area (Å²) < 4.78 is 10.8. The molecule has 6 heteroatoms. The zero-order chi connectivity index (χ0) is 17.0. The van der Waals surface area contributed by atoms with Crippen molar-refractivity contribution in [2.45, 2.75) is 31.7 Å². The average molecular weight is 355 g/mol. The maximum absolute atomic E-state index is 12.7. The van der Waals surface area contributed by atoms with Gasteiger partial charge in [0.1, 0.15) is 0 Å². The second-order valence-corrected chi connectivity index (χ2v) is 6.21. The van der Waals surface area contributed by atoms with Crippen LogP contribution >= 0.6 is 12.4 Å². The van der Waals surface area contributed by atoms with Gasteiger partial charge in [0.25, 0.3) is 5.91 Å². The number of ether oxygens (including phenoxy) is 2. The Bertz CT molecular complexity index is 602. The van der Waals surface area contributed by atoms with Gasteiger partial charge in [-0.3, -0.25) is 4.79 Å². The summed E-state index contributed by atoms with van der Waals surface area (Å²) >= 11 is 0. The highest BCUT2D eigenvalue weighted by Gasteiger charge is 2.41. The molecule has 0 heterocycles. The molecule has 0 aliphatic heterocycles. The average Bonchev–Trinajstić information content (AvgIpc) is 3.39. The first-order valence-electron chi connectivity index (χ1n) is 7.87. The molecule has 3 N–H and O–H groups in total. The van der Waals surface area contributed by atoms with Crippen LogP contribution in [0.4, 0.5) is 0 Å². The topological polar surface area (TPSA) is 73.6 Å². The Morgan fingerprint density at radius 3 is 2.54 bits per heavy atom. The molecule has 1 saturated carbocycles. The van der Waals surface area contributed by atoms with Crippen LogP contribution in [0.3, 0.4) is 0 Å². The van der Waals surface area contributed by atoms with E-state index in [1.54, 1.807) is 26.4 Å². The van der Waals surface area contributed by atoms with Gasteiger partial charge >= 0.3 is 0 Å². The van der Waals surface area contributed by atoms with E-state index in [1.807, 2.05) is 13.0 Å². The minimum Gasteiger partial charge on any atom is -0.493 e. The number of nitrogens with two attached hydrogens (primary N) is 1. The van der Waals surface area contributed by atoms with Crippen LogP contribution < -0.4 is 20.5 Å². The predicted molar refractivity (Wildman–Crippen MR) is 98.3 cm³/mol. The molecule has 1 fully saturated rings. The lowest BCUT2D eigenvalue weighted by molar-refractivity contribution is 0.0897. The van der Waals surface area contributed by atoms with E-state index in [4.69, 9.17) is 15.2 Å². The van der Waals surface area contributed by atoms with Crippen molar-refractivity contribution < 1.29 is 14.3 Å². The summed E-state index contributed by atoms with van der Waals surface area (Å²) in [6.45, 7) is 6.19. The Hall–Kier alpha value is -1.72. The summed E-state index contributed by atoms with van der Waals surface area (Å²) in [4.78, 5) is 12.7. The van der Waals surface area contributed by atoms with Crippen molar-refractivity contribution in [1.29, 1.82) is 0 Å². The van der Waals surface area contributed by atoms with Gasteiger partial charge in [-0.1, -0.05) is 6.08 Å². The normalized spacial score (nSPS) is 15.7. The first-order valence-corrected chi connectivity index (χ1v) is 7.87. The Balaban J connectivity index is 0.00000288. The zero-order valence-electron chi connectivity index (χ0n) is 14.6. The minimum atomic E-state index is -0.358. The zero-order valence-corrected chi connectivity index (χ0v) is 15.4. The number of hydrogen-bond acceptors (Lipinski definition) is 4. The molecule has 2 rings (SSSR count). The van der Waals surface area contributed by atoms with Gasteiger partial charge in [-0.15, -0.1) is 19.0 Å². The van der Waals surface area contributed by atoms with E-state index >= 15 is 0 Å². The van der Waals surface area contributed by atoms with Gasteiger partial charge in [0.15, 0.2) is 11.5 Å². The summed E-state index contributed by atoms with van der Waals surface area (Å²) in [6, 6.07) is 3.52. The van der Waals surface area contributed by atoms with Crippen LogP contribution in [-0.4, -0.2) is 32.2 Å². The van der Waals surface area contributed by atoms with E-state index in [2.05, 4.69) is 11.9 Å². The highest BCUT2D eigenvalue weighted by Crippen LogP contribution is 2.39. The fourth-order valence-electron chi connectivity index (χ4n) is 2.85. The van der Waals surface area contributed by atoms with Crippen molar-refractivity contribution in [3.63, 3.8) is 0 Å². The number of carbonyl (C=O) groups excluding carboxylic acids is 1. The number of amides is 1. The van der Waals surface area contributed by atoms with E-state index < -0.39 is 0 Å². The number of nitrogens with one attached hydrogen (secondary N) is 1. The lowest BCUT2D eigenvalue weighted by Gasteiger charge is -2.29. The van der Waals surface area contributed by atoms with Gasteiger partial charge in [-0.05, 0) is 44.2 Å². The maximum Gasteiger partial charge on any atom is 0.251 e. The van der Waals surface area contributed by atoms with E-state index in [9.17, 15) is 4.79 Å². The van der Waals surface area contributed by atoms with Crippen LogP contribution in [-0.2, 0) is 6.42 Å². The Morgan fingerprint density at radius 1 is 1.42 bits per heavy atom. The highest BCUT2D eigenvalue weighted by atomic mass is 35.5. The van der Waals surface area contributed by atoms with Crippen LogP contribution in [0.2, 0.25) is 0 Å². The Labute approximate surface area is 150 Å². The summed E-state index contributed by atoms with van der Waals surface area (Å²) in [7, 11) is 3.15. The third-order valence-electron chi connectivity index (χ3n) is 4.48.